The molecule has 5 heteroatoms. The molecule has 0 bridgehead atoms. The first-order valence-corrected chi connectivity index (χ1v) is 16.1. The van der Waals surface area contributed by atoms with Crippen molar-refractivity contribution in [1.29, 1.82) is 0 Å². The number of allylic oxidation sites excluding steroid dienone is 4. The van der Waals surface area contributed by atoms with Crippen molar-refractivity contribution in [2.24, 2.45) is 5.92 Å². The zero-order chi connectivity index (χ0) is 16.9. The summed E-state index contributed by atoms with van der Waals surface area (Å²) >= 11 is -0.826. The molecule has 1 nitrogen and oxygen atoms in total. The summed E-state index contributed by atoms with van der Waals surface area (Å²) in [6.07, 6.45) is 3.36. The second-order valence-corrected chi connectivity index (χ2v) is 11.0. The van der Waals surface area contributed by atoms with Crippen LogP contribution in [-0.2, 0) is 20.8 Å². The van der Waals surface area contributed by atoms with Crippen molar-refractivity contribution in [1.82, 2.24) is 0 Å². The number of hydrogen-bond donors (Lipinski definition) is 0. The normalized spacial score (nSPS) is 16.6. The molecule has 1 aliphatic rings. The van der Waals surface area contributed by atoms with E-state index in [0.717, 1.165) is 0 Å². The third-order valence-corrected chi connectivity index (χ3v) is 2.24. The Balaban J connectivity index is -0.000000224. The SMILES string of the molecule is CC(C)(C)[NH-].CC1=[C-]C(C)C(C)=C1C.C[SiH2]C.[Cl][Zr+2][Cl]. The molecule has 0 heterocycles. The minimum absolute atomic E-state index is 0.250. The van der Waals surface area contributed by atoms with Gasteiger partial charge in [0.05, 0.1) is 0 Å². The second-order valence-electron chi connectivity index (χ2n) is 5.83. The number of rotatable bonds is 0. The molecule has 1 atom stereocenters. The molecule has 20 heavy (non-hydrogen) atoms. The second kappa shape index (κ2) is 15.0. The average molecular weight is 416 g/mol. The third kappa shape index (κ3) is 21.4. The van der Waals surface area contributed by atoms with Crippen LogP contribution in [0.2, 0.25) is 13.1 Å². The molecule has 1 unspecified atom stereocenters. The van der Waals surface area contributed by atoms with Gasteiger partial charge in [-0.25, -0.2) is 5.57 Å². The van der Waals surface area contributed by atoms with Crippen molar-refractivity contribution >= 4 is 26.5 Å². The van der Waals surface area contributed by atoms with E-state index in [9.17, 15) is 0 Å². The zero-order valence-electron chi connectivity index (χ0n) is 14.5. The fourth-order valence-corrected chi connectivity index (χ4v) is 1.16. The van der Waals surface area contributed by atoms with E-state index in [1.807, 2.05) is 20.8 Å². The van der Waals surface area contributed by atoms with Crippen LogP contribution in [0.5, 0.6) is 0 Å². The van der Waals surface area contributed by atoms with Crippen LogP contribution in [0.25, 0.3) is 5.73 Å². The Bertz CT molecular complexity index is 289. The van der Waals surface area contributed by atoms with E-state index < -0.39 is 20.8 Å². The van der Waals surface area contributed by atoms with Gasteiger partial charge in [0.1, 0.15) is 0 Å². The summed E-state index contributed by atoms with van der Waals surface area (Å²) in [6.45, 7) is 18.8. The molecule has 0 saturated heterocycles. The van der Waals surface area contributed by atoms with Crippen molar-refractivity contribution in [2.45, 2.75) is 67.1 Å². The molecular formula is C15H31Cl2NSiZr. The van der Waals surface area contributed by atoms with Crippen LogP contribution in [-0.4, -0.2) is 15.1 Å². The van der Waals surface area contributed by atoms with Gasteiger partial charge in [-0.3, -0.25) is 6.08 Å². The maximum atomic E-state index is 6.94. The topological polar surface area (TPSA) is 23.8 Å². The van der Waals surface area contributed by atoms with E-state index in [2.05, 4.69) is 46.9 Å². The average Bonchev–Trinajstić information content (AvgIpc) is 2.46. The molecule has 0 aromatic heterocycles. The summed E-state index contributed by atoms with van der Waals surface area (Å²) in [4.78, 5) is 0. The van der Waals surface area contributed by atoms with Crippen LogP contribution >= 0.6 is 17.0 Å². The van der Waals surface area contributed by atoms with E-state index in [-0.39, 0.29) is 5.54 Å². The molecule has 1 aliphatic carbocycles. The van der Waals surface area contributed by atoms with Gasteiger partial charge in [0.15, 0.2) is 0 Å². The van der Waals surface area contributed by atoms with Gasteiger partial charge in [-0.15, -0.1) is 12.5 Å². The molecule has 0 fully saturated rings. The van der Waals surface area contributed by atoms with Gasteiger partial charge in [0, 0.05) is 9.52 Å². The summed E-state index contributed by atoms with van der Waals surface area (Å²) in [5.74, 6) is 0.560. The van der Waals surface area contributed by atoms with E-state index in [1.165, 1.54) is 16.7 Å². The fraction of sp³-hybridized carbons (Fsp3) is 0.733. The van der Waals surface area contributed by atoms with Gasteiger partial charge in [0.25, 0.3) is 0 Å². The number of halogens is 2. The minimum atomic E-state index is -0.826. The van der Waals surface area contributed by atoms with Gasteiger partial charge in [-0.1, -0.05) is 60.6 Å². The van der Waals surface area contributed by atoms with E-state index in [4.69, 9.17) is 22.8 Å². The predicted molar refractivity (Wildman–Crippen MR) is 96.0 cm³/mol. The van der Waals surface area contributed by atoms with Gasteiger partial charge in [-0.05, 0) is 0 Å². The molecule has 1 N–H and O–H groups in total. The van der Waals surface area contributed by atoms with Gasteiger partial charge in [-0.2, -0.15) is 11.1 Å². The van der Waals surface area contributed by atoms with Crippen LogP contribution in [0, 0.1) is 12.0 Å². The van der Waals surface area contributed by atoms with Gasteiger partial charge >= 0.3 is 37.9 Å². The number of hydrogen-bond acceptors (Lipinski definition) is 0. The quantitative estimate of drug-likeness (QED) is 0.333. The Labute approximate surface area is 148 Å². The molecule has 0 aromatic rings. The van der Waals surface area contributed by atoms with Crippen molar-refractivity contribution in [3.63, 3.8) is 0 Å². The summed E-state index contributed by atoms with van der Waals surface area (Å²) in [5.41, 5.74) is 10.9. The van der Waals surface area contributed by atoms with Crippen molar-refractivity contribution in [3.05, 3.63) is 28.5 Å². The summed E-state index contributed by atoms with van der Waals surface area (Å²) in [5, 5.41) is 0. The molecule has 0 aliphatic heterocycles. The predicted octanol–water partition coefficient (Wildman–Crippen LogP) is 6.19. The molecular weight excluding hydrogens is 384 g/mol. The van der Waals surface area contributed by atoms with Crippen molar-refractivity contribution in [2.75, 3.05) is 0 Å². The molecule has 0 saturated carbocycles. The number of nitrogens with one attached hydrogen (secondary N) is 1. The maximum absolute atomic E-state index is 6.94. The first-order chi connectivity index (χ1) is 8.95. The molecule has 0 radical (unpaired) electrons. The zero-order valence-corrected chi connectivity index (χ0v) is 19.9. The molecule has 1 rings (SSSR count). The Morgan fingerprint density at radius 1 is 1.15 bits per heavy atom. The monoisotopic (exact) mass is 413 g/mol. The van der Waals surface area contributed by atoms with E-state index in [0.29, 0.717) is 15.4 Å². The molecule has 0 spiro atoms. The van der Waals surface area contributed by atoms with Crippen molar-refractivity contribution < 1.29 is 20.8 Å². The van der Waals surface area contributed by atoms with Crippen LogP contribution in [0.4, 0.5) is 0 Å². The Kier molecular flexibility index (Phi) is 19.6. The van der Waals surface area contributed by atoms with E-state index >= 15 is 0 Å². The van der Waals surface area contributed by atoms with Crippen LogP contribution in [0.15, 0.2) is 16.7 Å². The third-order valence-electron chi connectivity index (χ3n) is 2.24. The summed E-state index contributed by atoms with van der Waals surface area (Å²) in [7, 11) is 10.3. The Morgan fingerprint density at radius 2 is 1.40 bits per heavy atom. The van der Waals surface area contributed by atoms with Crippen LogP contribution < -0.4 is 0 Å². The van der Waals surface area contributed by atoms with E-state index in [1.54, 1.807) is 0 Å². The molecule has 0 aromatic carbocycles. The fourth-order valence-electron chi connectivity index (χ4n) is 1.16. The molecule has 118 valence electrons. The summed E-state index contributed by atoms with van der Waals surface area (Å²) in [6, 6.07) is 0. The first kappa shape index (κ1) is 26.0. The van der Waals surface area contributed by atoms with Gasteiger partial charge < -0.3 is 5.73 Å². The van der Waals surface area contributed by atoms with Crippen LogP contribution in [0.3, 0.4) is 0 Å². The standard InChI is InChI=1S/C9H13.C4H10N.C2H8Si.2ClH.Zr/c1-6-5-7(2)9(4)8(6)3;1-4(2,3)5;1-3-2;;;/h6H,1-4H3;5H,1-3H3;3H2,1-2H3;2*1H;/q2*-1;;;;+4/p-2. The Hall–Kier alpha value is 1.12. The Morgan fingerprint density at radius 3 is 1.45 bits per heavy atom. The first-order valence-electron chi connectivity index (χ1n) is 6.95. The molecule has 0 amide bonds. The van der Waals surface area contributed by atoms with Crippen molar-refractivity contribution in [3.8, 4) is 0 Å². The van der Waals surface area contributed by atoms with Gasteiger partial charge in [0.2, 0.25) is 0 Å². The summed E-state index contributed by atoms with van der Waals surface area (Å²) < 4.78 is 0. The van der Waals surface area contributed by atoms with Crippen LogP contribution in [0.1, 0.15) is 48.5 Å².